The Morgan fingerprint density at radius 1 is 1.19 bits per heavy atom. The summed E-state index contributed by atoms with van der Waals surface area (Å²) in [5, 5.41) is 3.77. The van der Waals surface area contributed by atoms with E-state index in [1.807, 2.05) is 12.1 Å². The molecule has 2 aromatic rings. The summed E-state index contributed by atoms with van der Waals surface area (Å²) in [5.41, 5.74) is 2.62. The predicted octanol–water partition coefficient (Wildman–Crippen LogP) is 3.44. The van der Waals surface area contributed by atoms with E-state index < -0.39 is 0 Å². The van der Waals surface area contributed by atoms with Crippen LogP contribution in [0.5, 0.6) is 11.5 Å². The molecule has 0 aliphatic carbocycles. The number of benzene rings is 2. The van der Waals surface area contributed by atoms with Crippen molar-refractivity contribution in [3.8, 4) is 11.5 Å². The van der Waals surface area contributed by atoms with Gasteiger partial charge in [-0.15, -0.1) is 0 Å². The van der Waals surface area contributed by atoms with Gasteiger partial charge in [0.05, 0.1) is 6.04 Å². The minimum atomic E-state index is -0.300. The third kappa shape index (κ3) is 2.06. The largest absolute Gasteiger partial charge is 0.454 e. The van der Waals surface area contributed by atoms with Gasteiger partial charge in [0.15, 0.2) is 11.5 Å². The molecule has 0 aromatic heterocycles. The Bertz CT molecular complexity index is 699. The minimum Gasteiger partial charge on any atom is -0.454 e. The Balaban J connectivity index is 1.87. The van der Waals surface area contributed by atoms with E-state index >= 15 is 0 Å². The van der Waals surface area contributed by atoms with Crippen LogP contribution >= 0.6 is 11.6 Å². The molecule has 2 aliphatic heterocycles. The maximum Gasteiger partial charge on any atom is 0.231 e. The van der Waals surface area contributed by atoms with Crippen molar-refractivity contribution in [2.45, 2.75) is 12.5 Å². The van der Waals surface area contributed by atoms with Crippen molar-refractivity contribution in [2.24, 2.45) is 0 Å². The first-order chi connectivity index (χ1) is 10.2. The van der Waals surface area contributed by atoms with Crippen molar-refractivity contribution in [3.05, 3.63) is 57.9 Å². The van der Waals surface area contributed by atoms with E-state index in [9.17, 15) is 4.39 Å². The fourth-order valence-electron chi connectivity index (χ4n) is 2.99. The van der Waals surface area contributed by atoms with E-state index in [1.54, 1.807) is 12.1 Å². The fourth-order valence-corrected chi connectivity index (χ4v) is 3.26. The summed E-state index contributed by atoms with van der Waals surface area (Å²) in [6.45, 7) is 0.999. The molecule has 0 bridgehead atoms. The Kier molecular flexibility index (Phi) is 3.01. The van der Waals surface area contributed by atoms with E-state index in [4.69, 9.17) is 21.1 Å². The Morgan fingerprint density at radius 3 is 2.81 bits per heavy atom. The van der Waals surface area contributed by atoms with Crippen LogP contribution in [0, 0.1) is 5.82 Å². The molecule has 4 rings (SSSR count). The Hall–Kier alpha value is -1.78. The van der Waals surface area contributed by atoms with Crippen LogP contribution in [0.3, 0.4) is 0 Å². The summed E-state index contributed by atoms with van der Waals surface area (Å²) in [5.74, 6) is 1.16. The third-order valence-electron chi connectivity index (χ3n) is 3.98. The molecule has 2 heterocycles. The van der Waals surface area contributed by atoms with Gasteiger partial charge in [-0.3, -0.25) is 0 Å². The number of halogens is 2. The average Bonchev–Trinajstić information content (AvgIpc) is 2.92. The zero-order valence-electron chi connectivity index (χ0n) is 11.2. The molecule has 5 heteroatoms. The summed E-state index contributed by atoms with van der Waals surface area (Å²) >= 11 is 6.21. The van der Waals surface area contributed by atoms with Gasteiger partial charge in [-0.2, -0.15) is 0 Å². The van der Waals surface area contributed by atoms with Crippen molar-refractivity contribution >= 4 is 11.6 Å². The maximum atomic E-state index is 14.2. The normalized spacial score (nSPS) is 19.4. The van der Waals surface area contributed by atoms with E-state index in [0.717, 1.165) is 29.8 Å². The monoisotopic (exact) mass is 305 g/mol. The van der Waals surface area contributed by atoms with Gasteiger partial charge in [0, 0.05) is 17.1 Å². The van der Waals surface area contributed by atoms with Crippen molar-refractivity contribution in [1.82, 2.24) is 5.32 Å². The van der Waals surface area contributed by atoms with Crippen LogP contribution in [0.4, 0.5) is 4.39 Å². The average molecular weight is 306 g/mol. The highest BCUT2D eigenvalue weighted by Crippen LogP contribution is 2.41. The van der Waals surface area contributed by atoms with Crippen LogP contribution in [0.15, 0.2) is 30.3 Å². The smallest absolute Gasteiger partial charge is 0.231 e. The maximum absolute atomic E-state index is 14.2. The van der Waals surface area contributed by atoms with Gasteiger partial charge in [0.1, 0.15) is 5.82 Å². The van der Waals surface area contributed by atoms with Crippen LogP contribution in [0.2, 0.25) is 5.02 Å². The van der Waals surface area contributed by atoms with E-state index in [-0.39, 0.29) is 18.7 Å². The van der Waals surface area contributed by atoms with E-state index in [1.165, 1.54) is 6.07 Å². The molecule has 2 aliphatic rings. The van der Waals surface area contributed by atoms with Gasteiger partial charge in [-0.25, -0.2) is 4.39 Å². The summed E-state index contributed by atoms with van der Waals surface area (Å²) in [6.07, 6.45) is 0.870. The lowest BCUT2D eigenvalue weighted by Gasteiger charge is -2.28. The Labute approximate surface area is 126 Å². The van der Waals surface area contributed by atoms with Gasteiger partial charge < -0.3 is 14.8 Å². The molecule has 0 spiro atoms. The summed E-state index contributed by atoms with van der Waals surface area (Å²) in [6, 6.07) is 8.41. The van der Waals surface area contributed by atoms with Gasteiger partial charge in [0.25, 0.3) is 0 Å². The standard InChI is InChI=1S/C16H13ClFNO2/c17-11-2-1-3-12(18)15(11)16-10-7-14-13(20-8-21-14)6-9(10)4-5-19-16/h1-3,6-7,16,19H,4-5,8H2. The summed E-state index contributed by atoms with van der Waals surface area (Å²) in [4.78, 5) is 0. The lowest BCUT2D eigenvalue weighted by molar-refractivity contribution is 0.174. The predicted molar refractivity (Wildman–Crippen MR) is 77.5 cm³/mol. The molecule has 0 saturated carbocycles. The van der Waals surface area contributed by atoms with Crippen molar-refractivity contribution < 1.29 is 13.9 Å². The quantitative estimate of drug-likeness (QED) is 0.875. The second kappa shape index (κ2) is 4.90. The number of ether oxygens (including phenoxy) is 2. The lowest BCUT2D eigenvalue weighted by Crippen LogP contribution is -2.31. The first kappa shape index (κ1) is 12.9. The van der Waals surface area contributed by atoms with E-state index in [2.05, 4.69) is 5.32 Å². The second-order valence-corrected chi connectivity index (χ2v) is 5.58. The molecule has 2 aromatic carbocycles. The van der Waals surface area contributed by atoms with Crippen molar-refractivity contribution in [3.63, 3.8) is 0 Å². The molecule has 1 atom stereocenters. The van der Waals surface area contributed by atoms with Crippen LogP contribution < -0.4 is 14.8 Å². The molecule has 1 unspecified atom stereocenters. The highest BCUT2D eigenvalue weighted by atomic mass is 35.5. The van der Waals surface area contributed by atoms with Crippen molar-refractivity contribution in [1.29, 1.82) is 0 Å². The number of hydrogen-bond acceptors (Lipinski definition) is 3. The van der Waals surface area contributed by atoms with E-state index in [0.29, 0.717) is 16.3 Å². The zero-order chi connectivity index (χ0) is 14.4. The molecule has 21 heavy (non-hydrogen) atoms. The fraction of sp³-hybridized carbons (Fsp3) is 0.250. The van der Waals surface area contributed by atoms with Crippen LogP contribution in [-0.2, 0) is 6.42 Å². The topological polar surface area (TPSA) is 30.5 Å². The first-order valence-corrected chi connectivity index (χ1v) is 7.21. The molecule has 0 saturated heterocycles. The Morgan fingerprint density at radius 2 is 2.00 bits per heavy atom. The number of hydrogen-bond donors (Lipinski definition) is 1. The molecule has 108 valence electrons. The highest BCUT2D eigenvalue weighted by molar-refractivity contribution is 6.31. The van der Waals surface area contributed by atoms with Gasteiger partial charge in [0.2, 0.25) is 6.79 Å². The molecule has 3 nitrogen and oxygen atoms in total. The summed E-state index contributed by atoms with van der Waals surface area (Å²) in [7, 11) is 0. The second-order valence-electron chi connectivity index (χ2n) is 5.18. The molecule has 0 radical (unpaired) electrons. The van der Waals surface area contributed by atoms with Crippen LogP contribution in [-0.4, -0.2) is 13.3 Å². The van der Waals surface area contributed by atoms with Gasteiger partial charge in [-0.05, 0) is 41.8 Å². The number of nitrogens with one attached hydrogen (secondary N) is 1. The minimum absolute atomic E-state index is 0.233. The van der Waals surface area contributed by atoms with Crippen molar-refractivity contribution in [2.75, 3.05) is 13.3 Å². The molecular formula is C16H13ClFNO2. The first-order valence-electron chi connectivity index (χ1n) is 6.84. The molecular weight excluding hydrogens is 293 g/mol. The third-order valence-corrected chi connectivity index (χ3v) is 4.31. The van der Waals surface area contributed by atoms with Crippen LogP contribution in [0.1, 0.15) is 22.7 Å². The van der Waals surface area contributed by atoms with Gasteiger partial charge >= 0.3 is 0 Å². The molecule has 0 fully saturated rings. The summed E-state index contributed by atoms with van der Waals surface area (Å²) < 4.78 is 25.1. The lowest BCUT2D eigenvalue weighted by atomic mass is 9.89. The molecule has 0 amide bonds. The number of fused-ring (bicyclic) bond motifs is 2. The SMILES string of the molecule is Fc1cccc(Cl)c1C1NCCc2cc3c(cc21)OCO3. The zero-order valence-corrected chi connectivity index (χ0v) is 11.9. The number of rotatable bonds is 1. The highest BCUT2D eigenvalue weighted by Gasteiger charge is 2.28. The van der Waals surface area contributed by atoms with Crippen LogP contribution in [0.25, 0.3) is 0 Å². The van der Waals surface area contributed by atoms with Gasteiger partial charge in [-0.1, -0.05) is 17.7 Å². The molecule has 1 N–H and O–H groups in total.